The highest BCUT2D eigenvalue weighted by Crippen LogP contribution is 2.35. The molecular weight excluding hydrogens is 418 g/mol. The van der Waals surface area contributed by atoms with Crippen molar-refractivity contribution < 1.29 is 38.5 Å². The number of alkyl carbamates (subject to hydrolysis) is 1. The number of nitrogens with one attached hydrogen (secondary N) is 1. The predicted molar refractivity (Wildman–Crippen MR) is 104 cm³/mol. The van der Waals surface area contributed by atoms with Crippen LogP contribution in [0, 0.1) is 0 Å². The zero-order valence-electron chi connectivity index (χ0n) is 16.0. The van der Waals surface area contributed by atoms with E-state index < -0.39 is 29.0 Å². The average molecular weight is 436 g/mol. The number of rotatable bonds is 7. The summed E-state index contributed by atoms with van der Waals surface area (Å²) in [5.74, 6) is -3.42. The third-order valence-corrected chi connectivity index (χ3v) is 4.11. The lowest BCUT2D eigenvalue weighted by atomic mass is 10.1. The molecule has 0 fully saturated rings. The zero-order chi connectivity index (χ0) is 22.3. The maximum Gasteiger partial charge on any atom is 0.409 e. The summed E-state index contributed by atoms with van der Waals surface area (Å²) in [5.41, 5.74) is 0.520. The normalized spacial score (nSPS) is 12.2. The first kappa shape index (κ1) is 22.7. The number of aliphatic carboxylic acids is 1. The molecule has 0 bridgehead atoms. The van der Waals surface area contributed by atoms with Crippen LogP contribution in [0.4, 0.5) is 4.79 Å². The second-order valence-electron chi connectivity index (χ2n) is 6.00. The molecule has 158 valence electrons. The first-order valence-electron chi connectivity index (χ1n) is 8.54. The molecule has 2 aromatic rings. The van der Waals surface area contributed by atoms with E-state index in [9.17, 15) is 24.3 Å². The molecule has 0 saturated carbocycles. The van der Waals surface area contributed by atoms with Crippen LogP contribution in [0.15, 0.2) is 48.5 Å². The Bertz CT molecular complexity index is 963. The van der Waals surface area contributed by atoms with Crippen molar-refractivity contribution in [2.75, 3.05) is 0 Å². The molecule has 9 nitrogen and oxygen atoms in total. The number of halogens is 1. The van der Waals surface area contributed by atoms with Gasteiger partial charge < -0.3 is 19.3 Å². The molecule has 2 N–H and O–H groups in total. The lowest BCUT2D eigenvalue weighted by molar-refractivity contribution is -0.141. The summed E-state index contributed by atoms with van der Waals surface area (Å²) in [4.78, 5) is 44.1. The third kappa shape index (κ3) is 5.95. The number of carbonyl (C=O) groups is 4. The first-order chi connectivity index (χ1) is 14.1. The quantitative estimate of drug-likeness (QED) is 0.294. The van der Waals surface area contributed by atoms with Crippen molar-refractivity contribution in [3.63, 3.8) is 0 Å². The van der Waals surface area contributed by atoms with Crippen LogP contribution < -0.4 is 14.8 Å². The fourth-order valence-electron chi connectivity index (χ4n) is 2.35. The van der Waals surface area contributed by atoms with Gasteiger partial charge in [0.1, 0.15) is 6.61 Å². The molecule has 30 heavy (non-hydrogen) atoms. The van der Waals surface area contributed by atoms with Gasteiger partial charge in [-0.3, -0.25) is 14.9 Å². The van der Waals surface area contributed by atoms with E-state index in [1.54, 1.807) is 30.3 Å². The van der Waals surface area contributed by atoms with Crippen molar-refractivity contribution in [1.82, 2.24) is 5.32 Å². The second-order valence-corrected chi connectivity index (χ2v) is 6.57. The number of ether oxygens (including phenoxy) is 3. The van der Waals surface area contributed by atoms with Crippen LogP contribution in [-0.2, 0) is 30.7 Å². The molecule has 1 unspecified atom stereocenters. The van der Waals surface area contributed by atoms with Crippen LogP contribution >= 0.6 is 11.6 Å². The van der Waals surface area contributed by atoms with Crippen molar-refractivity contribution >= 4 is 35.6 Å². The lowest BCUT2D eigenvalue weighted by Gasteiger charge is -2.24. The van der Waals surface area contributed by atoms with Gasteiger partial charge in [-0.25, -0.2) is 9.59 Å². The molecule has 0 spiro atoms. The fraction of sp³-hybridized carbons (Fsp3) is 0.200. The summed E-state index contributed by atoms with van der Waals surface area (Å²) in [6.45, 7) is 2.14. The van der Waals surface area contributed by atoms with Crippen LogP contribution in [0.3, 0.4) is 0 Å². The summed E-state index contributed by atoms with van der Waals surface area (Å²) in [7, 11) is 0. The average Bonchev–Trinajstić information content (AvgIpc) is 2.67. The minimum atomic E-state index is -2.45. The van der Waals surface area contributed by atoms with Gasteiger partial charge in [-0.15, -0.1) is 0 Å². The van der Waals surface area contributed by atoms with Crippen molar-refractivity contribution in [2.45, 2.75) is 25.5 Å². The maximum atomic E-state index is 12.1. The van der Waals surface area contributed by atoms with E-state index >= 15 is 0 Å². The number of amides is 1. The van der Waals surface area contributed by atoms with Crippen LogP contribution in [0.25, 0.3) is 0 Å². The van der Waals surface area contributed by atoms with Gasteiger partial charge in [0.2, 0.25) is 5.00 Å². The van der Waals surface area contributed by atoms with Gasteiger partial charge in [-0.1, -0.05) is 48.0 Å². The van der Waals surface area contributed by atoms with Crippen molar-refractivity contribution in [3.8, 4) is 11.5 Å². The Morgan fingerprint density at radius 3 is 2.13 bits per heavy atom. The molecule has 0 heterocycles. The summed E-state index contributed by atoms with van der Waals surface area (Å²) in [5, 5.41) is 11.7. The van der Waals surface area contributed by atoms with Gasteiger partial charge in [0, 0.05) is 19.4 Å². The Kier molecular flexibility index (Phi) is 7.38. The molecule has 0 aliphatic heterocycles. The zero-order valence-corrected chi connectivity index (χ0v) is 16.8. The Morgan fingerprint density at radius 2 is 1.57 bits per heavy atom. The first-order valence-corrected chi connectivity index (χ1v) is 8.92. The van der Waals surface area contributed by atoms with E-state index in [0.717, 1.165) is 19.9 Å². The fourth-order valence-corrected chi connectivity index (χ4v) is 2.54. The van der Waals surface area contributed by atoms with E-state index in [1.165, 1.54) is 12.1 Å². The summed E-state index contributed by atoms with van der Waals surface area (Å²) in [6.07, 6.45) is -1.09. The van der Waals surface area contributed by atoms with Gasteiger partial charge in [-0.05, 0) is 17.7 Å². The molecule has 0 saturated heterocycles. The van der Waals surface area contributed by atoms with Gasteiger partial charge >= 0.3 is 24.0 Å². The minimum Gasteiger partial charge on any atom is -0.478 e. The van der Waals surface area contributed by atoms with Crippen molar-refractivity contribution in [3.05, 3.63) is 59.7 Å². The number of esters is 2. The standard InChI is InChI=1S/C20H18ClNO8/c1-12(23)29-16-9-8-15(10-17(16)30-13(2)24)20(21,18(25)26)22-19(27)28-11-14-6-4-3-5-7-14/h3-10H,11H2,1-2H3,(H,22,27)(H,25,26). The highest BCUT2D eigenvalue weighted by atomic mass is 35.5. The number of hydrogen-bond donors (Lipinski definition) is 2. The Hall–Kier alpha value is -3.59. The molecule has 1 atom stereocenters. The number of benzene rings is 2. The highest BCUT2D eigenvalue weighted by molar-refractivity contribution is 6.34. The highest BCUT2D eigenvalue weighted by Gasteiger charge is 2.41. The topological polar surface area (TPSA) is 128 Å². The molecule has 0 aromatic heterocycles. The van der Waals surface area contributed by atoms with Crippen molar-refractivity contribution in [1.29, 1.82) is 0 Å². The van der Waals surface area contributed by atoms with E-state index in [-0.39, 0.29) is 23.7 Å². The third-order valence-electron chi connectivity index (χ3n) is 3.63. The molecule has 1 amide bonds. The van der Waals surface area contributed by atoms with Crippen LogP contribution in [-0.4, -0.2) is 29.1 Å². The number of hydrogen-bond acceptors (Lipinski definition) is 7. The maximum absolute atomic E-state index is 12.1. The molecule has 0 radical (unpaired) electrons. The predicted octanol–water partition coefficient (Wildman–Crippen LogP) is 2.94. The molecule has 2 rings (SSSR count). The van der Waals surface area contributed by atoms with Crippen molar-refractivity contribution in [2.24, 2.45) is 0 Å². The molecule has 0 aliphatic carbocycles. The Morgan fingerprint density at radius 1 is 0.967 bits per heavy atom. The largest absolute Gasteiger partial charge is 0.478 e. The molecular formula is C20H18ClNO8. The molecule has 2 aromatic carbocycles. The van der Waals surface area contributed by atoms with Crippen LogP contribution in [0.5, 0.6) is 11.5 Å². The van der Waals surface area contributed by atoms with E-state index in [2.05, 4.69) is 5.32 Å². The van der Waals surface area contributed by atoms with Gasteiger partial charge in [0.05, 0.1) is 0 Å². The number of carboxylic acids is 1. The van der Waals surface area contributed by atoms with E-state index in [4.69, 9.17) is 25.8 Å². The monoisotopic (exact) mass is 435 g/mol. The smallest absolute Gasteiger partial charge is 0.409 e. The van der Waals surface area contributed by atoms with Gasteiger partial charge in [0.15, 0.2) is 11.5 Å². The summed E-state index contributed by atoms with van der Waals surface area (Å²) in [6, 6.07) is 12.2. The Labute approximate surface area is 176 Å². The van der Waals surface area contributed by atoms with Gasteiger partial charge in [-0.2, -0.15) is 0 Å². The minimum absolute atomic E-state index is 0.108. The number of alkyl halides is 1. The molecule has 0 aliphatic rings. The second kappa shape index (κ2) is 9.75. The summed E-state index contributed by atoms with van der Waals surface area (Å²) < 4.78 is 14.9. The SMILES string of the molecule is CC(=O)Oc1ccc(C(Cl)(NC(=O)OCc2ccccc2)C(=O)O)cc1OC(C)=O. The van der Waals surface area contributed by atoms with E-state index in [0.29, 0.717) is 5.56 Å². The summed E-state index contributed by atoms with van der Waals surface area (Å²) >= 11 is 6.18. The lowest BCUT2D eigenvalue weighted by Crippen LogP contribution is -2.47. The Balaban J connectivity index is 2.28. The number of carboxylic acid groups (broad SMARTS) is 1. The van der Waals surface area contributed by atoms with Crippen LogP contribution in [0.1, 0.15) is 25.0 Å². The number of carbonyl (C=O) groups excluding carboxylic acids is 3. The van der Waals surface area contributed by atoms with Crippen LogP contribution in [0.2, 0.25) is 0 Å². The van der Waals surface area contributed by atoms with E-state index in [1.807, 2.05) is 0 Å². The molecule has 10 heteroatoms. The van der Waals surface area contributed by atoms with Gasteiger partial charge in [0.25, 0.3) is 0 Å².